The van der Waals surface area contributed by atoms with Gasteiger partial charge in [-0.15, -0.1) is 10.2 Å². The van der Waals surface area contributed by atoms with Gasteiger partial charge in [0, 0.05) is 11.4 Å². The van der Waals surface area contributed by atoms with Crippen LogP contribution in [0.4, 0.5) is 21.6 Å². The Labute approximate surface area is 144 Å². The molecule has 0 aliphatic rings. The van der Waals surface area contributed by atoms with Crippen molar-refractivity contribution in [3.05, 3.63) is 77.7 Å². The molecule has 1 heterocycles. The van der Waals surface area contributed by atoms with E-state index >= 15 is 0 Å². The molecule has 2 N–H and O–H groups in total. The summed E-state index contributed by atoms with van der Waals surface area (Å²) in [4.78, 5) is 12.1. The van der Waals surface area contributed by atoms with Crippen molar-refractivity contribution in [1.82, 2.24) is 10.2 Å². The molecule has 0 fully saturated rings. The maximum Gasteiger partial charge on any atom is 0.276 e. The number of anilines is 3. The van der Waals surface area contributed by atoms with E-state index in [2.05, 4.69) is 27.8 Å². The molecule has 126 valence electrons. The summed E-state index contributed by atoms with van der Waals surface area (Å²) in [5.74, 6) is -0.222. The summed E-state index contributed by atoms with van der Waals surface area (Å²) in [7, 11) is 0. The number of amides is 1. The van der Waals surface area contributed by atoms with Gasteiger partial charge in [-0.25, -0.2) is 4.39 Å². The summed E-state index contributed by atoms with van der Waals surface area (Å²) in [5.41, 5.74) is 2.82. The zero-order valence-corrected chi connectivity index (χ0v) is 13.7. The van der Waals surface area contributed by atoms with Crippen LogP contribution in [0.5, 0.6) is 0 Å². The van der Waals surface area contributed by atoms with E-state index in [-0.39, 0.29) is 11.5 Å². The Balaban J connectivity index is 1.64. The van der Waals surface area contributed by atoms with Crippen molar-refractivity contribution in [3.8, 4) is 0 Å². The number of hydrogen-bond donors (Lipinski definition) is 2. The van der Waals surface area contributed by atoms with Crippen LogP contribution in [0, 0.1) is 5.82 Å². The van der Waals surface area contributed by atoms with Crippen molar-refractivity contribution < 1.29 is 9.18 Å². The number of rotatable bonds is 5. The SMILES string of the molecule is CCc1ccc(Nc2ccc(C(=O)Nc3ccc(F)cc3)nn2)cc1. The van der Waals surface area contributed by atoms with Gasteiger partial charge in [-0.05, 0) is 60.5 Å². The van der Waals surface area contributed by atoms with Crippen molar-refractivity contribution in [3.63, 3.8) is 0 Å². The summed E-state index contributed by atoms with van der Waals surface area (Å²) in [6.07, 6.45) is 0.984. The Morgan fingerprint density at radius 2 is 1.60 bits per heavy atom. The van der Waals surface area contributed by atoms with Gasteiger partial charge >= 0.3 is 0 Å². The third kappa shape index (κ3) is 4.38. The van der Waals surface area contributed by atoms with Gasteiger partial charge in [-0.3, -0.25) is 4.79 Å². The molecule has 0 atom stereocenters. The molecule has 1 amide bonds. The fraction of sp³-hybridized carbons (Fsp3) is 0.105. The summed E-state index contributed by atoms with van der Waals surface area (Å²) in [6.45, 7) is 2.10. The zero-order chi connectivity index (χ0) is 17.6. The van der Waals surface area contributed by atoms with Gasteiger partial charge in [0.15, 0.2) is 11.5 Å². The first kappa shape index (κ1) is 16.6. The summed E-state index contributed by atoms with van der Waals surface area (Å²) in [5, 5.41) is 13.7. The molecule has 6 heteroatoms. The molecular formula is C19H17FN4O. The van der Waals surface area contributed by atoms with Crippen molar-refractivity contribution >= 4 is 23.1 Å². The minimum Gasteiger partial charge on any atom is -0.339 e. The van der Waals surface area contributed by atoms with Gasteiger partial charge in [0.1, 0.15) is 5.82 Å². The highest BCUT2D eigenvalue weighted by Gasteiger charge is 2.09. The summed E-state index contributed by atoms with van der Waals surface area (Å²) in [6, 6.07) is 16.8. The molecule has 1 aromatic heterocycles. The van der Waals surface area contributed by atoms with Crippen LogP contribution in [0.2, 0.25) is 0 Å². The zero-order valence-electron chi connectivity index (χ0n) is 13.7. The molecule has 3 aromatic rings. The minimum atomic E-state index is -0.405. The molecule has 0 radical (unpaired) electrons. The predicted molar refractivity (Wildman–Crippen MR) is 95.5 cm³/mol. The van der Waals surface area contributed by atoms with Crippen LogP contribution in [0.15, 0.2) is 60.7 Å². The van der Waals surface area contributed by atoms with Gasteiger partial charge in [0.25, 0.3) is 5.91 Å². The van der Waals surface area contributed by atoms with E-state index < -0.39 is 5.91 Å². The molecular weight excluding hydrogens is 319 g/mol. The van der Waals surface area contributed by atoms with E-state index in [9.17, 15) is 9.18 Å². The number of nitrogens with zero attached hydrogens (tertiary/aromatic N) is 2. The molecule has 0 unspecified atom stereocenters. The Kier molecular flexibility index (Phi) is 4.99. The lowest BCUT2D eigenvalue weighted by molar-refractivity contribution is 0.102. The maximum atomic E-state index is 12.9. The number of hydrogen-bond acceptors (Lipinski definition) is 4. The lowest BCUT2D eigenvalue weighted by Crippen LogP contribution is -2.14. The van der Waals surface area contributed by atoms with Gasteiger partial charge in [0.05, 0.1) is 0 Å². The lowest BCUT2D eigenvalue weighted by atomic mass is 10.1. The first-order valence-corrected chi connectivity index (χ1v) is 7.90. The number of carbonyl (C=O) groups excluding carboxylic acids is 1. The fourth-order valence-electron chi connectivity index (χ4n) is 2.22. The number of aromatic nitrogens is 2. The number of nitrogens with one attached hydrogen (secondary N) is 2. The minimum absolute atomic E-state index is 0.177. The van der Waals surface area contributed by atoms with E-state index in [4.69, 9.17) is 0 Å². The third-order valence-corrected chi connectivity index (χ3v) is 3.63. The third-order valence-electron chi connectivity index (χ3n) is 3.63. The monoisotopic (exact) mass is 336 g/mol. The highest BCUT2D eigenvalue weighted by Crippen LogP contribution is 2.15. The summed E-state index contributed by atoms with van der Waals surface area (Å²) >= 11 is 0. The summed E-state index contributed by atoms with van der Waals surface area (Å²) < 4.78 is 12.9. The average molecular weight is 336 g/mol. The van der Waals surface area contributed by atoms with E-state index in [1.807, 2.05) is 24.3 Å². The standard InChI is InChI=1S/C19H17FN4O/c1-2-13-3-7-15(8-4-13)21-18-12-11-17(23-24-18)19(25)22-16-9-5-14(20)6-10-16/h3-12H,2H2,1H3,(H,21,24)(H,22,25). The van der Waals surface area contributed by atoms with Gasteiger partial charge in [-0.1, -0.05) is 19.1 Å². The molecule has 0 saturated heterocycles. The Morgan fingerprint density at radius 3 is 2.20 bits per heavy atom. The fourth-order valence-corrected chi connectivity index (χ4v) is 2.22. The smallest absolute Gasteiger partial charge is 0.276 e. The molecule has 3 rings (SSSR count). The Morgan fingerprint density at radius 1 is 0.920 bits per heavy atom. The Hall–Kier alpha value is -3.28. The molecule has 0 aliphatic heterocycles. The molecule has 5 nitrogen and oxygen atoms in total. The first-order valence-electron chi connectivity index (χ1n) is 7.90. The van der Waals surface area contributed by atoms with Gasteiger partial charge in [-0.2, -0.15) is 0 Å². The second-order valence-electron chi connectivity index (χ2n) is 5.44. The van der Waals surface area contributed by atoms with E-state index in [0.717, 1.165) is 12.1 Å². The number of benzene rings is 2. The second kappa shape index (κ2) is 7.53. The van der Waals surface area contributed by atoms with Crippen LogP contribution >= 0.6 is 0 Å². The van der Waals surface area contributed by atoms with Crippen molar-refractivity contribution in [2.75, 3.05) is 10.6 Å². The topological polar surface area (TPSA) is 66.9 Å². The molecule has 0 spiro atoms. The van der Waals surface area contributed by atoms with Crippen LogP contribution in [0.3, 0.4) is 0 Å². The van der Waals surface area contributed by atoms with Crippen molar-refractivity contribution in [2.24, 2.45) is 0 Å². The molecule has 0 saturated carbocycles. The molecule has 25 heavy (non-hydrogen) atoms. The highest BCUT2D eigenvalue weighted by molar-refractivity contribution is 6.02. The Bertz CT molecular complexity index is 846. The van der Waals surface area contributed by atoms with Crippen molar-refractivity contribution in [2.45, 2.75) is 13.3 Å². The quantitative estimate of drug-likeness (QED) is 0.734. The van der Waals surface area contributed by atoms with E-state index in [1.54, 1.807) is 12.1 Å². The van der Waals surface area contributed by atoms with Crippen LogP contribution in [-0.4, -0.2) is 16.1 Å². The molecule has 2 aromatic carbocycles. The van der Waals surface area contributed by atoms with Crippen LogP contribution in [0.1, 0.15) is 23.0 Å². The van der Waals surface area contributed by atoms with Crippen LogP contribution < -0.4 is 10.6 Å². The molecule has 0 bridgehead atoms. The number of carbonyl (C=O) groups is 1. The number of aryl methyl sites for hydroxylation is 1. The highest BCUT2D eigenvalue weighted by atomic mass is 19.1. The first-order chi connectivity index (χ1) is 12.1. The number of halogens is 1. The largest absolute Gasteiger partial charge is 0.339 e. The van der Waals surface area contributed by atoms with Crippen LogP contribution in [0.25, 0.3) is 0 Å². The van der Waals surface area contributed by atoms with Gasteiger partial charge < -0.3 is 10.6 Å². The van der Waals surface area contributed by atoms with Gasteiger partial charge in [0.2, 0.25) is 0 Å². The average Bonchev–Trinajstić information content (AvgIpc) is 2.65. The predicted octanol–water partition coefficient (Wildman–Crippen LogP) is 4.17. The second-order valence-corrected chi connectivity index (χ2v) is 5.44. The molecule has 0 aliphatic carbocycles. The lowest BCUT2D eigenvalue weighted by Gasteiger charge is -2.07. The van der Waals surface area contributed by atoms with Crippen LogP contribution in [-0.2, 0) is 6.42 Å². The van der Waals surface area contributed by atoms with Crippen molar-refractivity contribution in [1.29, 1.82) is 0 Å². The van der Waals surface area contributed by atoms with E-state index in [1.165, 1.54) is 29.8 Å². The normalized spacial score (nSPS) is 10.3. The van der Waals surface area contributed by atoms with E-state index in [0.29, 0.717) is 11.5 Å². The maximum absolute atomic E-state index is 12.9.